The number of rotatable bonds is 7. The minimum absolute atomic E-state index is 0.0252. The van der Waals surface area contributed by atoms with Crippen LogP contribution < -0.4 is 10.1 Å². The van der Waals surface area contributed by atoms with Crippen LogP contribution in [0.2, 0.25) is 0 Å². The molecule has 1 aliphatic carbocycles. The molecule has 0 atom stereocenters. The summed E-state index contributed by atoms with van der Waals surface area (Å²) in [5.74, 6) is 0.486. The van der Waals surface area contributed by atoms with Crippen LogP contribution in [0.15, 0.2) is 24.3 Å². The van der Waals surface area contributed by atoms with Crippen molar-refractivity contribution in [1.29, 1.82) is 0 Å². The lowest BCUT2D eigenvalue weighted by Crippen LogP contribution is -2.38. The van der Waals surface area contributed by atoms with E-state index in [1.54, 1.807) is 37.3 Å². The third-order valence-corrected chi connectivity index (χ3v) is 3.18. The summed E-state index contributed by atoms with van der Waals surface area (Å²) in [7, 11) is 3.30. The highest BCUT2D eigenvalue weighted by molar-refractivity contribution is 6.00. The van der Waals surface area contributed by atoms with Gasteiger partial charge >= 0.3 is 0 Å². The van der Waals surface area contributed by atoms with Crippen LogP contribution >= 0.6 is 0 Å². The molecule has 0 radical (unpaired) electrons. The summed E-state index contributed by atoms with van der Waals surface area (Å²) in [6.45, 7) is 0.426. The van der Waals surface area contributed by atoms with Crippen molar-refractivity contribution < 1.29 is 14.3 Å². The van der Waals surface area contributed by atoms with Gasteiger partial charge in [0.1, 0.15) is 5.75 Å². The number of carbonyl (C=O) groups excluding carboxylic acids is 2. The molecule has 0 unspecified atom stereocenters. The lowest BCUT2D eigenvalue weighted by atomic mass is 10.1. The van der Waals surface area contributed by atoms with Crippen molar-refractivity contribution in [2.75, 3.05) is 27.2 Å². The maximum atomic E-state index is 12.2. The number of ether oxygens (including phenoxy) is 1. The lowest BCUT2D eigenvalue weighted by Gasteiger charge is -2.16. The first-order valence-electron chi connectivity index (χ1n) is 6.74. The van der Waals surface area contributed by atoms with E-state index in [-0.39, 0.29) is 24.8 Å². The zero-order valence-electron chi connectivity index (χ0n) is 11.9. The Hall–Kier alpha value is -1.88. The molecule has 1 aromatic rings. The second-order valence-corrected chi connectivity index (χ2v) is 5.14. The van der Waals surface area contributed by atoms with Gasteiger partial charge in [0.15, 0.2) is 5.78 Å². The molecule has 2 rings (SSSR count). The first kappa shape index (κ1) is 14.5. The van der Waals surface area contributed by atoms with E-state index in [2.05, 4.69) is 5.32 Å². The normalized spacial score (nSPS) is 14.2. The van der Waals surface area contributed by atoms with E-state index in [9.17, 15) is 9.59 Å². The molecule has 1 saturated carbocycles. The highest BCUT2D eigenvalue weighted by atomic mass is 16.5. The Kier molecular flexibility index (Phi) is 4.74. The molecular formula is C15H20N2O3. The minimum Gasteiger partial charge on any atom is -0.496 e. The maximum absolute atomic E-state index is 12.2. The van der Waals surface area contributed by atoms with E-state index >= 15 is 0 Å². The van der Waals surface area contributed by atoms with E-state index in [0.717, 1.165) is 12.8 Å². The summed E-state index contributed by atoms with van der Waals surface area (Å²) in [5, 5.41) is 2.90. The van der Waals surface area contributed by atoms with Gasteiger partial charge in [0, 0.05) is 6.04 Å². The van der Waals surface area contributed by atoms with Crippen molar-refractivity contribution in [3.8, 4) is 5.75 Å². The smallest absolute Gasteiger partial charge is 0.234 e. The SMILES string of the molecule is COc1ccccc1C(=O)CN(C)CC(=O)NC1CC1. The molecule has 0 aromatic heterocycles. The standard InChI is InChI=1S/C15H20N2O3/c1-17(10-15(19)16-11-7-8-11)9-13(18)12-5-3-4-6-14(12)20-2/h3-6,11H,7-10H2,1-2H3,(H,16,19). The van der Waals surface area contributed by atoms with Crippen molar-refractivity contribution in [3.05, 3.63) is 29.8 Å². The van der Waals surface area contributed by atoms with Crippen molar-refractivity contribution in [2.45, 2.75) is 18.9 Å². The fraction of sp³-hybridized carbons (Fsp3) is 0.467. The van der Waals surface area contributed by atoms with Crippen LogP contribution in [0.3, 0.4) is 0 Å². The van der Waals surface area contributed by atoms with Crippen LogP contribution in [-0.2, 0) is 4.79 Å². The van der Waals surface area contributed by atoms with Gasteiger partial charge in [-0.3, -0.25) is 14.5 Å². The Morgan fingerprint density at radius 3 is 2.65 bits per heavy atom. The average Bonchev–Trinajstić information content (AvgIpc) is 3.22. The molecule has 1 fully saturated rings. The van der Waals surface area contributed by atoms with E-state index in [4.69, 9.17) is 4.74 Å². The molecule has 5 heteroatoms. The van der Waals surface area contributed by atoms with E-state index in [1.807, 2.05) is 6.07 Å². The van der Waals surface area contributed by atoms with Crippen LogP contribution in [0.4, 0.5) is 0 Å². The quantitative estimate of drug-likeness (QED) is 0.757. The van der Waals surface area contributed by atoms with Gasteiger partial charge in [-0.15, -0.1) is 0 Å². The third kappa shape index (κ3) is 4.06. The largest absolute Gasteiger partial charge is 0.496 e. The van der Waals surface area contributed by atoms with Gasteiger partial charge in [0.25, 0.3) is 0 Å². The number of hydrogen-bond donors (Lipinski definition) is 1. The lowest BCUT2D eigenvalue weighted by molar-refractivity contribution is -0.121. The minimum atomic E-state index is -0.0517. The Morgan fingerprint density at radius 2 is 2.00 bits per heavy atom. The number of nitrogens with zero attached hydrogens (tertiary/aromatic N) is 1. The van der Waals surface area contributed by atoms with Crippen molar-refractivity contribution >= 4 is 11.7 Å². The van der Waals surface area contributed by atoms with Crippen molar-refractivity contribution in [2.24, 2.45) is 0 Å². The molecule has 0 bridgehead atoms. The van der Waals surface area contributed by atoms with Gasteiger partial charge in [0.2, 0.25) is 5.91 Å². The van der Waals surface area contributed by atoms with Gasteiger partial charge in [-0.2, -0.15) is 0 Å². The van der Waals surface area contributed by atoms with E-state index in [0.29, 0.717) is 17.4 Å². The molecule has 20 heavy (non-hydrogen) atoms. The van der Waals surface area contributed by atoms with Gasteiger partial charge in [-0.1, -0.05) is 12.1 Å². The third-order valence-electron chi connectivity index (χ3n) is 3.18. The molecule has 0 spiro atoms. The predicted molar refractivity (Wildman–Crippen MR) is 76.0 cm³/mol. The maximum Gasteiger partial charge on any atom is 0.234 e. The molecule has 0 heterocycles. The first-order chi connectivity index (χ1) is 9.60. The first-order valence-corrected chi connectivity index (χ1v) is 6.74. The Balaban J connectivity index is 1.87. The number of methoxy groups -OCH3 is 1. The fourth-order valence-corrected chi connectivity index (χ4v) is 2.01. The number of nitrogens with one attached hydrogen (secondary N) is 1. The monoisotopic (exact) mass is 276 g/mol. The van der Waals surface area contributed by atoms with Gasteiger partial charge < -0.3 is 10.1 Å². The molecule has 0 saturated heterocycles. The van der Waals surface area contributed by atoms with Crippen LogP contribution in [-0.4, -0.2) is 49.9 Å². The van der Waals surface area contributed by atoms with E-state index < -0.39 is 0 Å². The molecular weight excluding hydrogens is 256 g/mol. The summed E-state index contributed by atoms with van der Waals surface area (Å²) in [6, 6.07) is 7.46. The average molecular weight is 276 g/mol. The van der Waals surface area contributed by atoms with Gasteiger partial charge in [0.05, 0.1) is 25.8 Å². The van der Waals surface area contributed by atoms with Crippen LogP contribution in [0, 0.1) is 0 Å². The number of hydrogen-bond acceptors (Lipinski definition) is 4. The summed E-state index contributed by atoms with van der Waals surface area (Å²) >= 11 is 0. The topological polar surface area (TPSA) is 58.6 Å². The molecule has 1 aliphatic rings. The van der Waals surface area contributed by atoms with Crippen molar-refractivity contribution in [1.82, 2.24) is 10.2 Å². The molecule has 1 aromatic carbocycles. The molecule has 5 nitrogen and oxygen atoms in total. The summed E-state index contributed by atoms with van der Waals surface area (Å²) in [6.07, 6.45) is 2.13. The number of Topliss-reactive ketones (excluding diaryl/α,β-unsaturated/α-hetero) is 1. The number of para-hydroxylation sites is 1. The number of likely N-dealkylation sites (N-methyl/N-ethyl adjacent to an activating group) is 1. The van der Waals surface area contributed by atoms with Gasteiger partial charge in [-0.25, -0.2) is 0 Å². The summed E-state index contributed by atoms with van der Waals surface area (Å²) < 4.78 is 5.17. The molecule has 108 valence electrons. The molecule has 0 aliphatic heterocycles. The highest BCUT2D eigenvalue weighted by Gasteiger charge is 2.24. The van der Waals surface area contributed by atoms with Crippen molar-refractivity contribution in [3.63, 3.8) is 0 Å². The number of carbonyl (C=O) groups is 2. The second-order valence-electron chi connectivity index (χ2n) is 5.14. The predicted octanol–water partition coefficient (Wildman–Crippen LogP) is 1.09. The Labute approximate surface area is 118 Å². The zero-order chi connectivity index (χ0) is 14.5. The van der Waals surface area contributed by atoms with Gasteiger partial charge in [-0.05, 0) is 32.0 Å². The molecule has 1 amide bonds. The number of benzene rings is 1. The Bertz CT molecular complexity index is 498. The number of amides is 1. The van der Waals surface area contributed by atoms with Crippen LogP contribution in [0.1, 0.15) is 23.2 Å². The molecule has 1 N–H and O–H groups in total. The zero-order valence-corrected chi connectivity index (χ0v) is 11.9. The summed E-state index contributed by atoms with van der Waals surface area (Å²) in [5.41, 5.74) is 0.546. The fourth-order valence-electron chi connectivity index (χ4n) is 2.01. The van der Waals surface area contributed by atoms with Crippen LogP contribution in [0.5, 0.6) is 5.75 Å². The number of ketones is 1. The summed E-state index contributed by atoms with van der Waals surface area (Å²) in [4.78, 5) is 25.6. The Morgan fingerprint density at radius 1 is 1.30 bits per heavy atom. The van der Waals surface area contributed by atoms with Crippen LogP contribution in [0.25, 0.3) is 0 Å². The van der Waals surface area contributed by atoms with E-state index in [1.165, 1.54) is 0 Å². The second kappa shape index (κ2) is 6.52. The highest BCUT2D eigenvalue weighted by Crippen LogP contribution is 2.19.